The van der Waals surface area contributed by atoms with Crippen molar-refractivity contribution in [3.05, 3.63) is 16.3 Å². The van der Waals surface area contributed by atoms with E-state index in [2.05, 4.69) is 4.74 Å². The Morgan fingerprint density at radius 3 is 2.95 bits per heavy atom. The summed E-state index contributed by atoms with van der Waals surface area (Å²) in [5.74, 6) is -1.15. The van der Waals surface area contributed by atoms with E-state index in [0.717, 1.165) is 24.2 Å². The van der Waals surface area contributed by atoms with E-state index in [9.17, 15) is 18.4 Å². The monoisotopic (exact) mass is 333 g/mol. The zero-order valence-electron chi connectivity index (χ0n) is 11.8. The van der Waals surface area contributed by atoms with Crippen molar-refractivity contribution in [1.29, 1.82) is 0 Å². The van der Waals surface area contributed by atoms with Crippen molar-refractivity contribution in [3.63, 3.8) is 0 Å². The molecule has 1 N–H and O–H groups in total. The molecule has 22 heavy (non-hydrogen) atoms. The number of aliphatic carboxylic acids is 1. The number of nitrogens with zero attached hydrogens (tertiary/aromatic N) is 1. The van der Waals surface area contributed by atoms with Gasteiger partial charge in [-0.1, -0.05) is 0 Å². The van der Waals surface area contributed by atoms with Crippen molar-refractivity contribution in [3.8, 4) is 5.75 Å². The van der Waals surface area contributed by atoms with Gasteiger partial charge in [0.15, 0.2) is 0 Å². The third-order valence-electron chi connectivity index (χ3n) is 3.61. The SMILES string of the molecule is O=C(O)CCC1CCCN(C(=O)c2sccc2OC(F)F)C1. The van der Waals surface area contributed by atoms with Crippen molar-refractivity contribution < 1.29 is 28.2 Å². The van der Waals surface area contributed by atoms with E-state index in [1.165, 1.54) is 11.4 Å². The molecule has 1 amide bonds. The van der Waals surface area contributed by atoms with Gasteiger partial charge in [-0.2, -0.15) is 8.78 Å². The van der Waals surface area contributed by atoms with Crippen LogP contribution in [-0.4, -0.2) is 41.6 Å². The number of carboxylic acids is 1. The summed E-state index contributed by atoms with van der Waals surface area (Å²) >= 11 is 1.07. The van der Waals surface area contributed by atoms with Crippen LogP contribution in [0.2, 0.25) is 0 Å². The number of carbonyl (C=O) groups is 2. The number of hydrogen-bond donors (Lipinski definition) is 1. The van der Waals surface area contributed by atoms with Gasteiger partial charge < -0.3 is 14.7 Å². The summed E-state index contributed by atoms with van der Waals surface area (Å²) in [6.45, 7) is -1.96. The fourth-order valence-electron chi connectivity index (χ4n) is 2.60. The number of thiophene rings is 1. The molecule has 2 rings (SSSR count). The first-order valence-electron chi connectivity index (χ1n) is 7.00. The molecule has 1 saturated heterocycles. The summed E-state index contributed by atoms with van der Waals surface area (Å²) in [6, 6.07) is 1.36. The van der Waals surface area contributed by atoms with Crippen LogP contribution in [0.1, 0.15) is 35.4 Å². The van der Waals surface area contributed by atoms with E-state index < -0.39 is 12.6 Å². The van der Waals surface area contributed by atoms with Crippen LogP contribution in [0.4, 0.5) is 8.78 Å². The molecule has 8 heteroatoms. The molecule has 5 nitrogen and oxygen atoms in total. The predicted octanol–water partition coefficient (Wildman–Crippen LogP) is 3.07. The summed E-state index contributed by atoms with van der Waals surface area (Å²) in [7, 11) is 0. The third-order valence-corrected chi connectivity index (χ3v) is 4.50. The van der Waals surface area contributed by atoms with Crippen LogP contribution in [0.5, 0.6) is 5.75 Å². The Morgan fingerprint density at radius 1 is 1.50 bits per heavy atom. The molecule has 1 aliphatic heterocycles. The molecule has 1 atom stereocenters. The lowest BCUT2D eigenvalue weighted by molar-refractivity contribution is -0.137. The zero-order valence-corrected chi connectivity index (χ0v) is 12.7. The van der Waals surface area contributed by atoms with Crippen LogP contribution in [0.15, 0.2) is 11.4 Å². The van der Waals surface area contributed by atoms with Gasteiger partial charge in [0.25, 0.3) is 5.91 Å². The molecule has 0 bridgehead atoms. The highest BCUT2D eigenvalue weighted by Gasteiger charge is 2.28. The van der Waals surface area contributed by atoms with Crippen LogP contribution >= 0.6 is 11.3 Å². The second-order valence-corrected chi connectivity index (χ2v) is 6.10. The molecule has 0 saturated carbocycles. The van der Waals surface area contributed by atoms with E-state index in [1.807, 2.05) is 0 Å². The number of carboxylic acid groups (broad SMARTS) is 1. The Kier molecular flexibility index (Phi) is 5.70. The van der Waals surface area contributed by atoms with Crippen LogP contribution in [0.25, 0.3) is 0 Å². The van der Waals surface area contributed by atoms with E-state index in [1.54, 1.807) is 4.90 Å². The van der Waals surface area contributed by atoms with E-state index >= 15 is 0 Å². The number of likely N-dealkylation sites (tertiary alicyclic amines) is 1. The average Bonchev–Trinajstić information content (AvgIpc) is 2.92. The summed E-state index contributed by atoms with van der Waals surface area (Å²) in [6.07, 6.45) is 2.25. The topological polar surface area (TPSA) is 66.8 Å². The lowest BCUT2D eigenvalue weighted by atomic mass is 9.93. The Labute approximate surface area is 130 Å². The van der Waals surface area contributed by atoms with Gasteiger partial charge in [-0.3, -0.25) is 9.59 Å². The lowest BCUT2D eigenvalue weighted by Gasteiger charge is -2.32. The maximum Gasteiger partial charge on any atom is 0.387 e. The maximum absolute atomic E-state index is 12.4. The molecule has 0 aromatic carbocycles. The number of carbonyl (C=O) groups excluding carboxylic acids is 1. The number of alkyl halides is 2. The quantitative estimate of drug-likeness (QED) is 0.869. The minimum atomic E-state index is -2.97. The first-order chi connectivity index (χ1) is 10.5. The molecular weight excluding hydrogens is 316 g/mol. The van der Waals surface area contributed by atoms with Gasteiger partial charge in [-0.15, -0.1) is 11.3 Å². The molecule has 0 aliphatic carbocycles. The Morgan fingerprint density at radius 2 is 2.27 bits per heavy atom. The molecule has 1 aliphatic rings. The van der Waals surface area contributed by atoms with Gasteiger partial charge in [0, 0.05) is 19.5 Å². The zero-order chi connectivity index (χ0) is 16.1. The number of ether oxygens (including phenoxy) is 1. The van der Waals surface area contributed by atoms with Gasteiger partial charge in [-0.25, -0.2) is 0 Å². The normalized spacial score (nSPS) is 18.5. The second-order valence-electron chi connectivity index (χ2n) is 5.18. The molecule has 0 radical (unpaired) electrons. The van der Waals surface area contributed by atoms with Crippen LogP contribution in [0, 0.1) is 5.92 Å². The van der Waals surface area contributed by atoms with Gasteiger partial charge in [-0.05, 0) is 36.6 Å². The first-order valence-corrected chi connectivity index (χ1v) is 7.88. The maximum atomic E-state index is 12.4. The fraction of sp³-hybridized carbons (Fsp3) is 0.571. The van der Waals surface area contributed by atoms with Gasteiger partial charge in [0.05, 0.1) is 0 Å². The fourth-order valence-corrected chi connectivity index (χ4v) is 3.39. The second kappa shape index (κ2) is 7.53. The standard InChI is InChI=1S/C14H17F2NO4S/c15-14(16)21-10-5-7-22-12(10)13(20)17-6-1-2-9(8-17)3-4-11(18)19/h5,7,9,14H,1-4,6,8H2,(H,18,19). The average molecular weight is 333 g/mol. The van der Waals surface area contributed by atoms with Crippen molar-refractivity contribution in [2.24, 2.45) is 5.92 Å². The molecule has 1 aromatic heterocycles. The largest absolute Gasteiger partial charge is 0.481 e. The molecule has 1 unspecified atom stereocenters. The molecule has 1 aromatic rings. The van der Waals surface area contributed by atoms with E-state index in [0.29, 0.717) is 19.5 Å². The van der Waals surface area contributed by atoms with Gasteiger partial charge in [0.2, 0.25) is 0 Å². The molecule has 2 heterocycles. The van der Waals surface area contributed by atoms with Crippen molar-refractivity contribution in [2.45, 2.75) is 32.3 Å². The van der Waals surface area contributed by atoms with Crippen molar-refractivity contribution in [2.75, 3.05) is 13.1 Å². The Hall–Kier alpha value is -1.70. The summed E-state index contributed by atoms with van der Waals surface area (Å²) in [4.78, 5) is 24.8. The van der Waals surface area contributed by atoms with E-state index in [-0.39, 0.29) is 28.9 Å². The highest BCUT2D eigenvalue weighted by atomic mass is 32.1. The minimum Gasteiger partial charge on any atom is -0.481 e. The minimum absolute atomic E-state index is 0.0748. The molecule has 122 valence electrons. The molecule has 0 spiro atoms. The van der Waals surface area contributed by atoms with Gasteiger partial charge >= 0.3 is 12.6 Å². The third kappa shape index (κ3) is 4.40. The number of halogens is 2. The highest BCUT2D eigenvalue weighted by Crippen LogP contribution is 2.30. The van der Waals surface area contributed by atoms with Gasteiger partial charge in [0.1, 0.15) is 10.6 Å². The van der Waals surface area contributed by atoms with Crippen molar-refractivity contribution in [1.82, 2.24) is 4.90 Å². The number of rotatable bonds is 6. The first kappa shape index (κ1) is 16.7. The highest BCUT2D eigenvalue weighted by molar-refractivity contribution is 7.12. The smallest absolute Gasteiger partial charge is 0.387 e. The number of hydrogen-bond acceptors (Lipinski definition) is 4. The lowest BCUT2D eigenvalue weighted by Crippen LogP contribution is -2.39. The Bertz CT molecular complexity index is 535. The van der Waals surface area contributed by atoms with E-state index in [4.69, 9.17) is 5.11 Å². The molecule has 1 fully saturated rings. The van der Waals surface area contributed by atoms with Crippen LogP contribution in [-0.2, 0) is 4.79 Å². The van der Waals surface area contributed by atoms with Crippen LogP contribution < -0.4 is 4.74 Å². The molecular formula is C14H17F2NO4S. The van der Waals surface area contributed by atoms with Crippen molar-refractivity contribution >= 4 is 23.2 Å². The predicted molar refractivity (Wildman–Crippen MR) is 76.4 cm³/mol. The summed E-state index contributed by atoms with van der Waals surface area (Å²) in [5.41, 5.74) is 0. The number of amides is 1. The summed E-state index contributed by atoms with van der Waals surface area (Å²) < 4.78 is 29.0. The Balaban J connectivity index is 2.00. The van der Waals surface area contributed by atoms with Crippen LogP contribution in [0.3, 0.4) is 0 Å². The number of piperidine rings is 1. The summed E-state index contributed by atoms with van der Waals surface area (Å²) in [5, 5.41) is 10.3.